The largest absolute Gasteiger partial charge is 0.504 e. The standard InChI is InChI=1S/C19H23N5O7/c1-29-11-4-10(26)12(30-2)3-9(11)5-20-17-14-18(22-7-21-17)24(8-23-14)19-16(28)15(27)13(6-25)31-19/h3-4,7-8,13,15-16,19,25-28H,5-6H2,1-2H3,(H,20,21,22)/t13-,15-,16-,19-/m1/s1. The van der Waals surface area contributed by atoms with E-state index in [2.05, 4.69) is 20.3 Å². The Balaban J connectivity index is 1.61. The topological polar surface area (TPSA) is 164 Å². The maximum absolute atomic E-state index is 10.3. The molecule has 12 nitrogen and oxygen atoms in total. The number of imidazole rings is 1. The molecule has 0 unspecified atom stereocenters. The number of methoxy groups -OCH3 is 2. The summed E-state index contributed by atoms with van der Waals surface area (Å²) in [5, 5.41) is 42.7. The van der Waals surface area contributed by atoms with Crippen molar-refractivity contribution in [1.29, 1.82) is 0 Å². The fraction of sp³-hybridized carbons (Fsp3) is 0.421. The summed E-state index contributed by atoms with van der Waals surface area (Å²) in [6, 6.07) is 3.11. The Hall–Kier alpha value is -3.19. The summed E-state index contributed by atoms with van der Waals surface area (Å²) >= 11 is 0. The van der Waals surface area contributed by atoms with Gasteiger partial charge in [0.15, 0.2) is 34.7 Å². The number of benzene rings is 1. The number of aliphatic hydroxyl groups is 3. The van der Waals surface area contributed by atoms with Crippen LogP contribution in [-0.2, 0) is 11.3 Å². The number of nitrogens with one attached hydrogen (secondary N) is 1. The molecular formula is C19H23N5O7. The summed E-state index contributed by atoms with van der Waals surface area (Å²) in [5.74, 6) is 1.15. The van der Waals surface area contributed by atoms with Gasteiger partial charge in [-0.3, -0.25) is 4.57 Å². The molecular weight excluding hydrogens is 410 g/mol. The summed E-state index contributed by atoms with van der Waals surface area (Å²) in [4.78, 5) is 12.8. The number of phenolic OH excluding ortho intramolecular Hbond substituents is 1. The van der Waals surface area contributed by atoms with Gasteiger partial charge in [0.2, 0.25) is 0 Å². The Morgan fingerprint density at radius 1 is 1.10 bits per heavy atom. The Morgan fingerprint density at radius 3 is 2.55 bits per heavy atom. The van der Waals surface area contributed by atoms with Gasteiger partial charge >= 0.3 is 0 Å². The van der Waals surface area contributed by atoms with Gasteiger partial charge in [-0.15, -0.1) is 0 Å². The second-order valence-corrected chi connectivity index (χ2v) is 6.96. The van der Waals surface area contributed by atoms with Gasteiger partial charge in [0.1, 0.15) is 30.4 Å². The molecule has 0 aliphatic carbocycles. The summed E-state index contributed by atoms with van der Waals surface area (Å²) < 4.78 is 17.5. The molecule has 166 valence electrons. The van der Waals surface area contributed by atoms with E-state index in [-0.39, 0.29) is 12.3 Å². The molecule has 1 saturated heterocycles. The number of aromatic nitrogens is 4. The highest BCUT2D eigenvalue weighted by molar-refractivity contribution is 5.82. The summed E-state index contributed by atoms with van der Waals surface area (Å²) in [7, 11) is 2.95. The predicted octanol–water partition coefficient (Wildman–Crippen LogP) is -0.227. The SMILES string of the molecule is COc1cc(CNc2ncnc3c2ncn3[C@@H]2O[C@H](CO)[C@@H](O)[C@H]2O)c(OC)cc1O. The van der Waals surface area contributed by atoms with Gasteiger partial charge < -0.3 is 40.0 Å². The lowest BCUT2D eigenvalue weighted by Crippen LogP contribution is -2.33. The molecule has 0 saturated carbocycles. The molecule has 0 radical (unpaired) electrons. The maximum Gasteiger partial charge on any atom is 0.167 e. The molecule has 0 amide bonds. The van der Waals surface area contributed by atoms with Crippen LogP contribution in [0.1, 0.15) is 11.8 Å². The fourth-order valence-electron chi connectivity index (χ4n) is 3.54. The summed E-state index contributed by atoms with van der Waals surface area (Å²) in [6.45, 7) is -0.145. The normalized spacial score (nSPS) is 23.3. The van der Waals surface area contributed by atoms with Gasteiger partial charge in [0.05, 0.1) is 27.2 Å². The van der Waals surface area contributed by atoms with Gasteiger partial charge in [-0.1, -0.05) is 0 Å². The van der Waals surface area contributed by atoms with Gasteiger partial charge in [0.25, 0.3) is 0 Å². The van der Waals surface area contributed by atoms with Crippen molar-refractivity contribution >= 4 is 17.0 Å². The number of ether oxygens (including phenoxy) is 3. The molecule has 2 aromatic heterocycles. The van der Waals surface area contributed by atoms with Crippen molar-refractivity contribution < 1.29 is 34.6 Å². The lowest BCUT2D eigenvalue weighted by atomic mass is 10.1. The van der Waals surface area contributed by atoms with E-state index in [0.717, 1.165) is 0 Å². The van der Waals surface area contributed by atoms with E-state index >= 15 is 0 Å². The van der Waals surface area contributed by atoms with Gasteiger partial charge in [-0.2, -0.15) is 0 Å². The van der Waals surface area contributed by atoms with Crippen LogP contribution in [0.4, 0.5) is 5.82 Å². The summed E-state index contributed by atoms with van der Waals surface area (Å²) in [5.41, 5.74) is 1.51. The Kier molecular flexibility index (Phi) is 5.78. The van der Waals surface area contributed by atoms with Crippen LogP contribution in [0.3, 0.4) is 0 Å². The third kappa shape index (κ3) is 3.70. The Morgan fingerprint density at radius 2 is 1.87 bits per heavy atom. The van der Waals surface area contributed by atoms with Crippen LogP contribution >= 0.6 is 0 Å². The molecule has 12 heteroatoms. The van der Waals surface area contributed by atoms with Crippen molar-refractivity contribution in [2.24, 2.45) is 0 Å². The van der Waals surface area contributed by atoms with E-state index in [1.165, 1.54) is 37.5 Å². The highest BCUT2D eigenvalue weighted by Crippen LogP contribution is 2.35. The molecule has 0 bridgehead atoms. The van der Waals surface area contributed by atoms with E-state index in [1.807, 2.05) is 0 Å². The fourth-order valence-corrected chi connectivity index (χ4v) is 3.54. The molecule has 4 rings (SSSR count). The average molecular weight is 433 g/mol. The molecule has 4 atom stereocenters. The molecule has 1 aliphatic heterocycles. The first-order valence-electron chi connectivity index (χ1n) is 9.46. The van der Waals surface area contributed by atoms with Crippen LogP contribution in [0, 0.1) is 0 Å². The minimum Gasteiger partial charge on any atom is -0.504 e. The van der Waals surface area contributed by atoms with Crippen LogP contribution in [0.15, 0.2) is 24.8 Å². The monoisotopic (exact) mass is 433 g/mol. The van der Waals surface area contributed by atoms with Crippen molar-refractivity contribution in [2.45, 2.75) is 31.1 Å². The van der Waals surface area contributed by atoms with Crippen LogP contribution in [-0.4, -0.2) is 79.1 Å². The van der Waals surface area contributed by atoms with Gasteiger partial charge in [-0.05, 0) is 6.07 Å². The molecule has 5 N–H and O–H groups in total. The molecule has 1 aliphatic rings. The number of fused-ring (bicyclic) bond motifs is 1. The number of nitrogens with zero attached hydrogens (tertiary/aromatic N) is 4. The number of aromatic hydroxyl groups is 1. The zero-order valence-electron chi connectivity index (χ0n) is 16.8. The first kappa shape index (κ1) is 21.1. The molecule has 3 aromatic rings. The Bertz CT molecular complexity index is 1080. The number of anilines is 1. The number of hydrogen-bond donors (Lipinski definition) is 5. The first-order valence-corrected chi connectivity index (χ1v) is 9.46. The molecule has 0 spiro atoms. The second kappa shape index (κ2) is 8.51. The third-order valence-electron chi connectivity index (χ3n) is 5.18. The van der Waals surface area contributed by atoms with Crippen molar-refractivity contribution in [2.75, 3.05) is 26.1 Å². The quantitative estimate of drug-likeness (QED) is 0.334. The minimum absolute atomic E-state index is 0.0373. The van der Waals surface area contributed by atoms with E-state index in [4.69, 9.17) is 14.2 Å². The smallest absolute Gasteiger partial charge is 0.167 e. The minimum atomic E-state index is -1.25. The lowest BCUT2D eigenvalue weighted by molar-refractivity contribution is -0.0511. The van der Waals surface area contributed by atoms with Crippen molar-refractivity contribution in [3.05, 3.63) is 30.4 Å². The summed E-state index contributed by atoms with van der Waals surface area (Å²) in [6.07, 6.45) is -1.60. The molecule has 1 aromatic carbocycles. The first-order chi connectivity index (χ1) is 15.0. The highest BCUT2D eigenvalue weighted by atomic mass is 16.6. The molecule has 3 heterocycles. The van der Waals surface area contributed by atoms with Crippen LogP contribution < -0.4 is 14.8 Å². The average Bonchev–Trinajstić information content (AvgIpc) is 3.33. The van der Waals surface area contributed by atoms with Gasteiger partial charge in [-0.25, -0.2) is 15.0 Å². The van der Waals surface area contributed by atoms with Crippen LogP contribution in [0.2, 0.25) is 0 Å². The molecule has 1 fully saturated rings. The van der Waals surface area contributed by atoms with Crippen molar-refractivity contribution in [1.82, 2.24) is 19.5 Å². The maximum atomic E-state index is 10.3. The van der Waals surface area contributed by atoms with E-state index in [1.54, 1.807) is 6.07 Å². The Labute approximate surface area is 176 Å². The zero-order chi connectivity index (χ0) is 22.1. The number of rotatable bonds is 7. The number of hydrogen-bond acceptors (Lipinski definition) is 11. The van der Waals surface area contributed by atoms with E-state index in [0.29, 0.717) is 34.0 Å². The highest BCUT2D eigenvalue weighted by Gasteiger charge is 2.44. The van der Waals surface area contributed by atoms with Gasteiger partial charge in [0, 0.05) is 18.2 Å². The van der Waals surface area contributed by atoms with Crippen LogP contribution in [0.25, 0.3) is 11.2 Å². The zero-order valence-corrected chi connectivity index (χ0v) is 16.8. The molecule has 31 heavy (non-hydrogen) atoms. The third-order valence-corrected chi connectivity index (χ3v) is 5.18. The number of phenols is 1. The predicted molar refractivity (Wildman–Crippen MR) is 107 cm³/mol. The van der Waals surface area contributed by atoms with E-state index < -0.39 is 31.1 Å². The van der Waals surface area contributed by atoms with Crippen LogP contribution in [0.5, 0.6) is 17.2 Å². The number of aliphatic hydroxyl groups excluding tert-OH is 3. The van der Waals surface area contributed by atoms with Crippen molar-refractivity contribution in [3.8, 4) is 17.2 Å². The lowest BCUT2D eigenvalue weighted by Gasteiger charge is -2.16. The second-order valence-electron chi connectivity index (χ2n) is 6.96. The van der Waals surface area contributed by atoms with Crippen molar-refractivity contribution in [3.63, 3.8) is 0 Å². The van der Waals surface area contributed by atoms with E-state index in [9.17, 15) is 20.4 Å².